The van der Waals surface area contributed by atoms with Gasteiger partial charge in [0.25, 0.3) is 0 Å². The molecular formula is C19H20ClF3N6. The molecule has 0 amide bonds. The molecule has 6 nitrogen and oxygen atoms in total. The summed E-state index contributed by atoms with van der Waals surface area (Å²) in [5.41, 5.74) is -0.0467. The van der Waals surface area contributed by atoms with Gasteiger partial charge in [-0.3, -0.25) is 0 Å². The van der Waals surface area contributed by atoms with Crippen LogP contribution in [0.1, 0.15) is 25.7 Å². The highest BCUT2D eigenvalue weighted by atomic mass is 35.5. The molecule has 0 bridgehead atoms. The van der Waals surface area contributed by atoms with E-state index in [4.69, 9.17) is 11.6 Å². The van der Waals surface area contributed by atoms with E-state index in [1.807, 2.05) is 0 Å². The molecule has 3 aromatic rings. The number of hydrogen-bond acceptors (Lipinski definition) is 5. The van der Waals surface area contributed by atoms with Crippen LogP contribution in [0.15, 0.2) is 24.4 Å². The number of nitrogens with zero attached hydrogens (tertiary/aromatic N) is 4. The first kappa shape index (κ1) is 19.9. The van der Waals surface area contributed by atoms with E-state index in [0.717, 1.165) is 37.8 Å². The third kappa shape index (κ3) is 4.16. The van der Waals surface area contributed by atoms with Crippen LogP contribution in [0, 0.1) is 11.6 Å². The molecule has 29 heavy (non-hydrogen) atoms. The van der Waals surface area contributed by atoms with Crippen molar-refractivity contribution in [3.63, 3.8) is 0 Å². The molecule has 1 aliphatic rings. The highest BCUT2D eigenvalue weighted by molar-refractivity contribution is 6.33. The van der Waals surface area contributed by atoms with Crippen LogP contribution in [0.2, 0.25) is 5.02 Å². The summed E-state index contributed by atoms with van der Waals surface area (Å²) < 4.78 is 42.3. The smallest absolute Gasteiger partial charge is 0.228 e. The first-order chi connectivity index (χ1) is 14.1. The van der Waals surface area contributed by atoms with Gasteiger partial charge in [0.15, 0.2) is 11.5 Å². The quantitative estimate of drug-likeness (QED) is 0.626. The van der Waals surface area contributed by atoms with Crippen LogP contribution in [0.5, 0.6) is 0 Å². The van der Waals surface area contributed by atoms with Gasteiger partial charge < -0.3 is 10.6 Å². The molecule has 2 aromatic heterocycles. The minimum atomic E-state index is -0.754. The van der Waals surface area contributed by atoms with Gasteiger partial charge in [-0.2, -0.15) is 14.6 Å². The van der Waals surface area contributed by atoms with E-state index >= 15 is 0 Å². The SMILES string of the molecule is FCCNC1CCC(Nc2nc(-c3c(F)cccc3F)nc3c(Cl)cnn23)CC1. The van der Waals surface area contributed by atoms with Gasteiger partial charge in [0.2, 0.25) is 5.95 Å². The molecule has 10 heteroatoms. The Labute approximate surface area is 170 Å². The largest absolute Gasteiger partial charge is 0.351 e. The molecule has 4 rings (SSSR count). The summed E-state index contributed by atoms with van der Waals surface area (Å²) in [5.74, 6) is -1.29. The lowest BCUT2D eigenvalue weighted by molar-refractivity contribution is 0.338. The molecule has 0 spiro atoms. The maximum absolute atomic E-state index is 14.3. The Morgan fingerprint density at radius 2 is 1.76 bits per heavy atom. The molecule has 154 valence electrons. The lowest BCUT2D eigenvalue weighted by Gasteiger charge is -2.29. The van der Waals surface area contributed by atoms with E-state index in [9.17, 15) is 13.2 Å². The van der Waals surface area contributed by atoms with Crippen LogP contribution in [-0.4, -0.2) is 44.9 Å². The second-order valence-electron chi connectivity index (χ2n) is 7.03. The molecule has 1 aliphatic carbocycles. The summed E-state index contributed by atoms with van der Waals surface area (Å²) in [4.78, 5) is 8.56. The number of halogens is 4. The molecule has 1 aromatic carbocycles. The number of fused-ring (bicyclic) bond motifs is 1. The van der Waals surface area contributed by atoms with Crippen molar-refractivity contribution in [3.05, 3.63) is 41.1 Å². The molecule has 2 heterocycles. The number of anilines is 1. The van der Waals surface area contributed by atoms with Gasteiger partial charge in [0.05, 0.1) is 11.8 Å². The van der Waals surface area contributed by atoms with Crippen LogP contribution >= 0.6 is 11.6 Å². The summed E-state index contributed by atoms with van der Waals surface area (Å²) >= 11 is 6.17. The highest BCUT2D eigenvalue weighted by Gasteiger charge is 2.24. The Balaban J connectivity index is 1.63. The minimum absolute atomic E-state index is 0.0952. The predicted molar refractivity (Wildman–Crippen MR) is 105 cm³/mol. The first-order valence-electron chi connectivity index (χ1n) is 9.48. The maximum Gasteiger partial charge on any atom is 0.228 e. The molecule has 0 radical (unpaired) electrons. The van der Waals surface area contributed by atoms with Crippen LogP contribution in [0.25, 0.3) is 17.0 Å². The Kier molecular flexibility index (Phi) is 5.86. The van der Waals surface area contributed by atoms with Gasteiger partial charge >= 0.3 is 0 Å². The summed E-state index contributed by atoms with van der Waals surface area (Å²) in [7, 11) is 0. The van der Waals surface area contributed by atoms with Crippen LogP contribution < -0.4 is 10.6 Å². The number of hydrogen-bond donors (Lipinski definition) is 2. The molecule has 1 fully saturated rings. The van der Waals surface area contributed by atoms with Crippen molar-refractivity contribution in [2.24, 2.45) is 0 Å². The monoisotopic (exact) mass is 424 g/mol. The van der Waals surface area contributed by atoms with Crippen molar-refractivity contribution in [2.45, 2.75) is 37.8 Å². The molecule has 2 N–H and O–H groups in total. The van der Waals surface area contributed by atoms with Crippen LogP contribution in [-0.2, 0) is 0 Å². The average Bonchev–Trinajstić information content (AvgIpc) is 3.09. The molecular weight excluding hydrogens is 405 g/mol. The number of aromatic nitrogens is 4. The van der Waals surface area contributed by atoms with E-state index in [-0.39, 0.29) is 40.8 Å². The molecule has 0 atom stereocenters. The summed E-state index contributed by atoms with van der Waals surface area (Å²) in [6.45, 7) is -0.0226. The zero-order valence-electron chi connectivity index (χ0n) is 15.5. The van der Waals surface area contributed by atoms with Crippen molar-refractivity contribution in [2.75, 3.05) is 18.5 Å². The highest BCUT2D eigenvalue weighted by Crippen LogP contribution is 2.28. The number of alkyl halides is 1. The second-order valence-corrected chi connectivity index (χ2v) is 7.44. The van der Waals surface area contributed by atoms with Crippen LogP contribution in [0.4, 0.5) is 19.1 Å². The third-order valence-corrected chi connectivity index (χ3v) is 5.37. The van der Waals surface area contributed by atoms with Crippen molar-refractivity contribution >= 4 is 23.2 Å². The van der Waals surface area contributed by atoms with Gasteiger partial charge in [-0.15, -0.1) is 0 Å². The van der Waals surface area contributed by atoms with E-state index in [1.54, 1.807) is 0 Å². The van der Waals surface area contributed by atoms with Gasteiger partial charge in [-0.25, -0.2) is 18.2 Å². The standard InChI is InChI=1S/C19H20ClF3N6/c20-13-10-25-29-18(13)27-17(16-14(22)2-1-3-15(16)23)28-19(29)26-12-6-4-11(5-7-12)24-9-8-21/h1-3,10-12,24H,4-9H2,(H,26,27,28). The van der Waals surface area contributed by atoms with Crippen molar-refractivity contribution < 1.29 is 13.2 Å². The van der Waals surface area contributed by atoms with Gasteiger partial charge in [0.1, 0.15) is 23.3 Å². The number of rotatable bonds is 6. The zero-order chi connectivity index (χ0) is 20.4. The summed E-state index contributed by atoms with van der Waals surface area (Å²) in [6.07, 6.45) is 4.87. The molecule has 0 saturated heterocycles. The van der Waals surface area contributed by atoms with E-state index in [2.05, 4.69) is 25.7 Å². The van der Waals surface area contributed by atoms with Crippen LogP contribution in [0.3, 0.4) is 0 Å². The Bertz CT molecular complexity index is 983. The minimum Gasteiger partial charge on any atom is -0.351 e. The van der Waals surface area contributed by atoms with E-state index in [0.29, 0.717) is 12.5 Å². The fourth-order valence-electron chi connectivity index (χ4n) is 3.65. The fourth-order valence-corrected chi connectivity index (χ4v) is 3.82. The number of benzene rings is 1. The molecule has 1 saturated carbocycles. The summed E-state index contributed by atoms with van der Waals surface area (Å²) in [6, 6.07) is 3.98. The van der Waals surface area contributed by atoms with Gasteiger partial charge in [0, 0.05) is 18.6 Å². The Hall–Kier alpha value is -2.39. The van der Waals surface area contributed by atoms with Gasteiger partial charge in [-0.05, 0) is 37.8 Å². The zero-order valence-corrected chi connectivity index (χ0v) is 16.3. The Morgan fingerprint density at radius 3 is 2.45 bits per heavy atom. The van der Waals surface area contributed by atoms with Crippen molar-refractivity contribution in [1.29, 1.82) is 0 Å². The Morgan fingerprint density at radius 1 is 1.07 bits per heavy atom. The van der Waals surface area contributed by atoms with E-state index < -0.39 is 11.6 Å². The van der Waals surface area contributed by atoms with Crippen molar-refractivity contribution in [3.8, 4) is 11.4 Å². The van der Waals surface area contributed by atoms with Crippen molar-refractivity contribution in [1.82, 2.24) is 24.9 Å². The maximum atomic E-state index is 14.3. The topological polar surface area (TPSA) is 67.1 Å². The number of nitrogens with one attached hydrogen (secondary N) is 2. The first-order valence-corrected chi connectivity index (χ1v) is 9.86. The third-order valence-electron chi connectivity index (χ3n) is 5.10. The molecule has 0 aliphatic heterocycles. The second kappa shape index (κ2) is 8.54. The summed E-state index contributed by atoms with van der Waals surface area (Å²) in [5, 5.41) is 10.9. The fraction of sp³-hybridized carbons (Fsp3) is 0.421. The van der Waals surface area contributed by atoms with E-state index in [1.165, 1.54) is 16.8 Å². The predicted octanol–water partition coefficient (Wildman–Crippen LogP) is 4.01. The normalized spacial score (nSPS) is 19.6. The lowest BCUT2D eigenvalue weighted by atomic mass is 9.91. The molecule has 0 unspecified atom stereocenters. The average molecular weight is 425 g/mol. The lowest BCUT2D eigenvalue weighted by Crippen LogP contribution is -2.38. The van der Waals surface area contributed by atoms with Gasteiger partial charge in [-0.1, -0.05) is 17.7 Å².